The van der Waals surface area contributed by atoms with E-state index in [1.807, 2.05) is 6.92 Å². The molecule has 0 saturated carbocycles. The van der Waals surface area contributed by atoms with Gasteiger partial charge in [-0.25, -0.2) is 14.6 Å². The largest absolute Gasteiger partial charge is 0.354 e. The van der Waals surface area contributed by atoms with Crippen LogP contribution < -0.4 is 5.32 Å². The molecule has 0 aliphatic carbocycles. The van der Waals surface area contributed by atoms with Crippen molar-refractivity contribution in [2.45, 2.75) is 17.1 Å². The molecular formula is C8H10BrN7S. The topological polar surface area (TPSA) is 81.4 Å². The van der Waals surface area contributed by atoms with Gasteiger partial charge in [-0.3, -0.25) is 0 Å². The van der Waals surface area contributed by atoms with E-state index in [2.05, 4.69) is 46.7 Å². The Morgan fingerprint density at radius 1 is 1.53 bits per heavy atom. The first-order valence-electron chi connectivity index (χ1n) is 4.87. The van der Waals surface area contributed by atoms with Gasteiger partial charge in [0.05, 0.1) is 4.47 Å². The van der Waals surface area contributed by atoms with Crippen LogP contribution in [-0.4, -0.2) is 36.7 Å². The summed E-state index contributed by atoms with van der Waals surface area (Å²) in [6.07, 6.45) is 1.71. The van der Waals surface area contributed by atoms with E-state index in [4.69, 9.17) is 0 Å². The molecule has 0 amide bonds. The Hall–Kier alpha value is -1.22. The molecule has 7 nitrogen and oxygen atoms in total. The molecule has 2 heterocycles. The number of nitrogens with zero attached hydrogens (tertiary/aromatic N) is 6. The van der Waals surface area contributed by atoms with E-state index in [1.54, 1.807) is 17.9 Å². The summed E-state index contributed by atoms with van der Waals surface area (Å²) in [5.41, 5.74) is 0. The second-order valence-corrected chi connectivity index (χ2v) is 4.87. The van der Waals surface area contributed by atoms with Crippen LogP contribution in [0.3, 0.4) is 0 Å². The van der Waals surface area contributed by atoms with Crippen LogP contribution in [-0.2, 0) is 7.05 Å². The lowest BCUT2D eigenvalue weighted by Gasteiger charge is -2.05. The second kappa shape index (κ2) is 5.41. The fraction of sp³-hybridized carbons (Fsp3) is 0.375. The number of nitrogens with one attached hydrogen (secondary N) is 1. The van der Waals surface area contributed by atoms with E-state index in [9.17, 15) is 0 Å². The highest BCUT2D eigenvalue weighted by Gasteiger charge is 2.11. The van der Waals surface area contributed by atoms with Crippen LogP contribution in [0.15, 0.2) is 20.9 Å². The molecule has 2 rings (SSSR count). The molecule has 0 aliphatic heterocycles. The molecule has 0 aromatic carbocycles. The summed E-state index contributed by atoms with van der Waals surface area (Å²) < 4.78 is 2.40. The quantitative estimate of drug-likeness (QED) is 0.853. The van der Waals surface area contributed by atoms with Gasteiger partial charge in [-0.2, -0.15) is 0 Å². The second-order valence-electron chi connectivity index (χ2n) is 3.06. The smallest absolute Gasteiger partial charge is 0.223 e. The zero-order chi connectivity index (χ0) is 12.3. The molecule has 2 aromatic heterocycles. The predicted octanol–water partition coefficient (Wildman–Crippen LogP) is 1.35. The van der Waals surface area contributed by atoms with E-state index < -0.39 is 0 Å². The third-order valence-corrected chi connectivity index (χ3v) is 3.69. The van der Waals surface area contributed by atoms with E-state index >= 15 is 0 Å². The lowest BCUT2D eigenvalue weighted by atomic mass is 10.6. The number of rotatable bonds is 4. The Kier molecular flexibility index (Phi) is 3.89. The molecule has 0 radical (unpaired) electrons. The van der Waals surface area contributed by atoms with Crippen LogP contribution in [0.5, 0.6) is 0 Å². The van der Waals surface area contributed by atoms with E-state index in [0.29, 0.717) is 11.1 Å². The lowest BCUT2D eigenvalue weighted by Crippen LogP contribution is -2.03. The van der Waals surface area contributed by atoms with Crippen LogP contribution in [0.2, 0.25) is 0 Å². The first-order valence-corrected chi connectivity index (χ1v) is 6.48. The van der Waals surface area contributed by atoms with Crippen molar-refractivity contribution in [2.75, 3.05) is 11.9 Å². The van der Waals surface area contributed by atoms with Crippen molar-refractivity contribution in [3.05, 3.63) is 10.7 Å². The number of hydrogen-bond acceptors (Lipinski definition) is 7. The Morgan fingerprint density at radius 3 is 3.00 bits per heavy atom. The molecule has 0 aliphatic rings. The van der Waals surface area contributed by atoms with Crippen molar-refractivity contribution < 1.29 is 0 Å². The van der Waals surface area contributed by atoms with Crippen molar-refractivity contribution in [3.63, 3.8) is 0 Å². The van der Waals surface area contributed by atoms with Crippen molar-refractivity contribution >= 4 is 33.6 Å². The van der Waals surface area contributed by atoms with Crippen LogP contribution >= 0.6 is 27.7 Å². The minimum atomic E-state index is 0.591. The third-order valence-electron chi connectivity index (χ3n) is 1.82. The zero-order valence-electron chi connectivity index (χ0n) is 9.25. The maximum atomic E-state index is 4.36. The molecule has 0 atom stereocenters. The fourth-order valence-electron chi connectivity index (χ4n) is 1.06. The standard InChI is InChI=1S/C8H10BrN7S/c1-3-10-7-11-4-5(9)6(12-7)17-8-13-14-15-16(8)2/h4H,3H2,1-2H3,(H,10,11,12). The minimum Gasteiger partial charge on any atom is -0.354 e. The van der Waals surface area contributed by atoms with Gasteiger partial charge in [0.2, 0.25) is 11.1 Å². The molecule has 2 aromatic rings. The molecule has 0 saturated heterocycles. The Morgan fingerprint density at radius 2 is 2.35 bits per heavy atom. The van der Waals surface area contributed by atoms with Crippen molar-refractivity contribution in [1.82, 2.24) is 30.2 Å². The lowest BCUT2D eigenvalue weighted by molar-refractivity contribution is 0.664. The van der Waals surface area contributed by atoms with E-state index in [1.165, 1.54) is 11.8 Å². The molecule has 1 N–H and O–H groups in total. The number of tetrazole rings is 1. The van der Waals surface area contributed by atoms with Crippen LogP contribution in [0.4, 0.5) is 5.95 Å². The van der Waals surface area contributed by atoms with Gasteiger partial charge in [-0.1, -0.05) is 0 Å². The summed E-state index contributed by atoms with van der Waals surface area (Å²) in [6, 6.07) is 0. The maximum absolute atomic E-state index is 4.36. The summed E-state index contributed by atoms with van der Waals surface area (Å²) in [5, 5.41) is 15.7. The molecule has 0 unspecified atom stereocenters. The van der Waals surface area contributed by atoms with Gasteiger partial charge in [-0.05, 0) is 45.0 Å². The first-order chi connectivity index (χ1) is 8.20. The van der Waals surface area contributed by atoms with Crippen molar-refractivity contribution in [3.8, 4) is 0 Å². The highest BCUT2D eigenvalue weighted by Crippen LogP contribution is 2.29. The number of aryl methyl sites for hydroxylation is 1. The molecule has 9 heteroatoms. The van der Waals surface area contributed by atoms with E-state index in [0.717, 1.165) is 16.0 Å². The van der Waals surface area contributed by atoms with Gasteiger partial charge < -0.3 is 5.32 Å². The molecular weight excluding hydrogens is 306 g/mol. The van der Waals surface area contributed by atoms with E-state index in [-0.39, 0.29) is 0 Å². The Labute approximate surface area is 111 Å². The van der Waals surface area contributed by atoms with Gasteiger partial charge in [-0.15, -0.1) is 5.10 Å². The number of halogens is 1. The highest BCUT2D eigenvalue weighted by molar-refractivity contribution is 9.10. The third kappa shape index (κ3) is 2.91. The monoisotopic (exact) mass is 315 g/mol. The predicted molar refractivity (Wildman–Crippen MR) is 66.8 cm³/mol. The fourth-order valence-corrected chi connectivity index (χ4v) is 2.20. The van der Waals surface area contributed by atoms with Gasteiger partial charge in [0.15, 0.2) is 0 Å². The summed E-state index contributed by atoms with van der Waals surface area (Å²) in [5.74, 6) is 0.591. The Balaban J connectivity index is 2.25. The summed E-state index contributed by atoms with van der Waals surface area (Å²) in [6.45, 7) is 2.77. The number of anilines is 1. The van der Waals surface area contributed by atoms with Gasteiger partial charge in [0, 0.05) is 19.8 Å². The molecule has 0 spiro atoms. The zero-order valence-corrected chi connectivity index (χ0v) is 11.7. The molecule has 0 fully saturated rings. The molecule has 90 valence electrons. The summed E-state index contributed by atoms with van der Waals surface area (Å²) in [7, 11) is 1.78. The maximum Gasteiger partial charge on any atom is 0.223 e. The number of aromatic nitrogens is 6. The van der Waals surface area contributed by atoms with Crippen LogP contribution in [0, 0.1) is 0 Å². The minimum absolute atomic E-state index is 0.591. The molecule has 17 heavy (non-hydrogen) atoms. The highest BCUT2D eigenvalue weighted by atomic mass is 79.9. The average Bonchev–Trinajstić information content (AvgIpc) is 2.70. The first kappa shape index (κ1) is 12.2. The average molecular weight is 316 g/mol. The summed E-state index contributed by atoms with van der Waals surface area (Å²) >= 11 is 4.78. The van der Waals surface area contributed by atoms with Crippen molar-refractivity contribution in [1.29, 1.82) is 0 Å². The van der Waals surface area contributed by atoms with Crippen LogP contribution in [0.25, 0.3) is 0 Å². The SMILES string of the molecule is CCNc1ncc(Br)c(Sc2nnnn2C)n1. The molecule has 0 bridgehead atoms. The van der Waals surface area contributed by atoms with Gasteiger partial charge in [0.25, 0.3) is 0 Å². The van der Waals surface area contributed by atoms with Gasteiger partial charge in [0.1, 0.15) is 5.03 Å². The van der Waals surface area contributed by atoms with Crippen LogP contribution in [0.1, 0.15) is 6.92 Å². The summed E-state index contributed by atoms with van der Waals surface area (Å²) in [4.78, 5) is 8.50. The normalized spacial score (nSPS) is 10.5. The Bertz CT molecular complexity index is 514. The van der Waals surface area contributed by atoms with Crippen molar-refractivity contribution in [2.24, 2.45) is 7.05 Å². The van der Waals surface area contributed by atoms with Gasteiger partial charge >= 0.3 is 0 Å². The number of hydrogen-bond donors (Lipinski definition) is 1.